The number of amides is 1. The van der Waals surface area contributed by atoms with Crippen LogP contribution >= 0.6 is 0 Å². The van der Waals surface area contributed by atoms with E-state index in [0.717, 1.165) is 12.8 Å². The summed E-state index contributed by atoms with van der Waals surface area (Å²) in [7, 11) is 0. The highest BCUT2D eigenvalue weighted by Gasteiger charge is 2.29. The summed E-state index contributed by atoms with van der Waals surface area (Å²) in [5.41, 5.74) is 2.32. The summed E-state index contributed by atoms with van der Waals surface area (Å²) in [6, 6.07) is 5.99. The van der Waals surface area contributed by atoms with Gasteiger partial charge >= 0.3 is 6.18 Å². The van der Waals surface area contributed by atoms with Gasteiger partial charge in [-0.05, 0) is 44.4 Å². The number of ketones is 1. The quantitative estimate of drug-likeness (QED) is 0.641. The van der Waals surface area contributed by atoms with Crippen LogP contribution in [0.5, 0.6) is 5.88 Å². The summed E-state index contributed by atoms with van der Waals surface area (Å²) in [5.74, 6) is 0.0545. The molecule has 0 spiro atoms. The Labute approximate surface area is 178 Å². The van der Waals surface area contributed by atoms with E-state index in [1.807, 2.05) is 0 Å². The number of rotatable bonds is 9. The molecule has 1 unspecified atom stereocenters. The van der Waals surface area contributed by atoms with E-state index >= 15 is 0 Å². The number of carbonyl (C=O) groups excluding carboxylic acids is 2. The molecular formula is C22H24F3N3O3. The Morgan fingerprint density at radius 1 is 1.26 bits per heavy atom. The van der Waals surface area contributed by atoms with Crippen LogP contribution in [0.3, 0.4) is 0 Å². The van der Waals surface area contributed by atoms with Gasteiger partial charge in [-0.15, -0.1) is 0 Å². The molecule has 0 aromatic carbocycles. The summed E-state index contributed by atoms with van der Waals surface area (Å²) in [6.45, 7) is 3.03. The van der Waals surface area contributed by atoms with Gasteiger partial charge in [-0.1, -0.05) is 6.07 Å². The maximum absolute atomic E-state index is 12.7. The van der Waals surface area contributed by atoms with Gasteiger partial charge in [-0.3, -0.25) is 14.6 Å². The molecular weight excluding hydrogens is 411 g/mol. The van der Waals surface area contributed by atoms with E-state index in [2.05, 4.69) is 15.3 Å². The van der Waals surface area contributed by atoms with E-state index in [1.165, 1.54) is 12.3 Å². The molecule has 2 heterocycles. The molecule has 6 nitrogen and oxygen atoms in total. The van der Waals surface area contributed by atoms with Gasteiger partial charge in [0, 0.05) is 41.6 Å². The average molecular weight is 435 g/mol. The monoisotopic (exact) mass is 435 g/mol. The van der Waals surface area contributed by atoms with Gasteiger partial charge in [0.2, 0.25) is 5.88 Å². The molecule has 1 amide bonds. The minimum Gasteiger partial charge on any atom is -0.477 e. The first-order chi connectivity index (χ1) is 14.6. The molecule has 1 atom stereocenters. The minimum atomic E-state index is -4.28. The fourth-order valence-electron chi connectivity index (χ4n) is 3.05. The van der Waals surface area contributed by atoms with Crippen molar-refractivity contribution in [2.75, 3.05) is 6.61 Å². The lowest BCUT2D eigenvalue weighted by Gasteiger charge is -2.15. The van der Waals surface area contributed by atoms with Gasteiger partial charge < -0.3 is 10.1 Å². The van der Waals surface area contributed by atoms with E-state index in [9.17, 15) is 22.8 Å². The number of nitrogens with zero attached hydrogens (tertiary/aromatic N) is 2. The van der Waals surface area contributed by atoms with Crippen molar-refractivity contribution in [1.29, 1.82) is 0 Å². The lowest BCUT2D eigenvalue weighted by atomic mass is 10.1. The molecule has 1 saturated carbocycles. The highest BCUT2D eigenvalue weighted by Crippen LogP contribution is 2.31. The van der Waals surface area contributed by atoms with Crippen molar-refractivity contribution in [3.05, 3.63) is 53.0 Å². The molecule has 3 rings (SSSR count). The van der Waals surface area contributed by atoms with Crippen LogP contribution < -0.4 is 10.1 Å². The maximum Gasteiger partial charge on any atom is 0.392 e. The predicted octanol–water partition coefficient (Wildman–Crippen LogP) is 4.13. The Balaban J connectivity index is 1.58. The number of hydrogen-bond acceptors (Lipinski definition) is 5. The number of nitrogens with one attached hydrogen (secondary N) is 1. The molecule has 1 N–H and O–H groups in total. The molecule has 2 aromatic rings. The topological polar surface area (TPSA) is 81.2 Å². The Morgan fingerprint density at radius 3 is 2.61 bits per heavy atom. The van der Waals surface area contributed by atoms with Gasteiger partial charge in [0.25, 0.3) is 5.91 Å². The number of pyridine rings is 2. The predicted molar refractivity (Wildman–Crippen MR) is 107 cm³/mol. The fraction of sp³-hybridized carbons (Fsp3) is 0.455. The van der Waals surface area contributed by atoms with Crippen molar-refractivity contribution in [3.63, 3.8) is 0 Å². The second-order valence-electron chi connectivity index (χ2n) is 7.74. The molecule has 0 saturated heterocycles. The van der Waals surface area contributed by atoms with Crippen molar-refractivity contribution < 1.29 is 27.5 Å². The van der Waals surface area contributed by atoms with Crippen LogP contribution in [0.4, 0.5) is 13.2 Å². The van der Waals surface area contributed by atoms with E-state index in [0.29, 0.717) is 22.5 Å². The molecule has 2 aromatic heterocycles. The normalized spacial score (nSPS) is 14.7. The Kier molecular flexibility index (Phi) is 6.92. The molecule has 1 fully saturated rings. The maximum atomic E-state index is 12.7. The molecule has 1 aliphatic carbocycles. The zero-order valence-corrected chi connectivity index (χ0v) is 17.3. The van der Waals surface area contributed by atoms with Crippen LogP contribution in [-0.4, -0.2) is 34.4 Å². The zero-order chi connectivity index (χ0) is 22.6. The standard InChI is InChI=1S/C22H24F3N3O3/c1-13-9-17(10-18(27-13)11-19(29)15-3-4-15)21(30)28-14(2)16-5-6-20(26-12-16)31-8-7-22(23,24)25/h5-6,9-10,12,14-15H,3-4,7-8,11H2,1-2H3,(H,28,30). The van der Waals surface area contributed by atoms with E-state index in [1.54, 1.807) is 32.0 Å². The highest BCUT2D eigenvalue weighted by molar-refractivity contribution is 5.95. The molecule has 31 heavy (non-hydrogen) atoms. The molecule has 0 aliphatic heterocycles. The summed E-state index contributed by atoms with van der Waals surface area (Å²) in [4.78, 5) is 33.1. The summed E-state index contributed by atoms with van der Waals surface area (Å²) < 4.78 is 41.5. The van der Waals surface area contributed by atoms with Gasteiger partial charge in [-0.2, -0.15) is 13.2 Å². The first kappa shape index (κ1) is 22.7. The van der Waals surface area contributed by atoms with Crippen molar-refractivity contribution in [2.45, 2.75) is 51.7 Å². The van der Waals surface area contributed by atoms with Crippen LogP contribution in [0.2, 0.25) is 0 Å². The number of Topliss-reactive ketones (excluding diaryl/α,β-unsaturated/α-hetero) is 1. The third-order valence-corrected chi connectivity index (χ3v) is 4.90. The van der Waals surface area contributed by atoms with Gasteiger partial charge in [0.15, 0.2) is 0 Å². The first-order valence-corrected chi connectivity index (χ1v) is 10.1. The number of alkyl halides is 3. The second kappa shape index (κ2) is 9.45. The lowest BCUT2D eigenvalue weighted by Crippen LogP contribution is -2.27. The number of aromatic nitrogens is 2. The number of halogens is 3. The third-order valence-electron chi connectivity index (χ3n) is 4.90. The van der Waals surface area contributed by atoms with Gasteiger partial charge in [0.1, 0.15) is 5.78 Å². The second-order valence-corrected chi connectivity index (χ2v) is 7.74. The van der Waals surface area contributed by atoms with Crippen molar-refractivity contribution in [3.8, 4) is 5.88 Å². The van der Waals surface area contributed by atoms with Crippen LogP contribution in [0.25, 0.3) is 0 Å². The minimum absolute atomic E-state index is 0.0845. The smallest absolute Gasteiger partial charge is 0.392 e. The zero-order valence-electron chi connectivity index (χ0n) is 17.3. The van der Waals surface area contributed by atoms with Crippen LogP contribution in [0.1, 0.15) is 59.5 Å². The van der Waals surface area contributed by atoms with Crippen LogP contribution in [0.15, 0.2) is 30.5 Å². The van der Waals surface area contributed by atoms with Crippen LogP contribution in [0, 0.1) is 12.8 Å². The number of aryl methyl sites for hydroxylation is 1. The number of ether oxygens (including phenoxy) is 1. The molecule has 166 valence electrons. The van der Waals surface area contributed by atoms with Crippen LogP contribution in [-0.2, 0) is 11.2 Å². The largest absolute Gasteiger partial charge is 0.477 e. The molecule has 9 heteroatoms. The van der Waals surface area contributed by atoms with E-state index in [-0.39, 0.29) is 29.9 Å². The molecule has 1 aliphatic rings. The number of carbonyl (C=O) groups is 2. The third kappa shape index (κ3) is 7.04. The Morgan fingerprint density at radius 2 is 2.00 bits per heavy atom. The molecule has 0 radical (unpaired) electrons. The summed E-state index contributed by atoms with van der Waals surface area (Å²) >= 11 is 0. The van der Waals surface area contributed by atoms with Gasteiger partial charge in [-0.25, -0.2) is 4.98 Å². The number of hydrogen-bond donors (Lipinski definition) is 1. The van der Waals surface area contributed by atoms with E-state index < -0.39 is 25.2 Å². The highest BCUT2D eigenvalue weighted by atomic mass is 19.4. The lowest BCUT2D eigenvalue weighted by molar-refractivity contribution is -0.139. The van der Waals surface area contributed by atoms with E-state index in [4.69, 9.17) is 4.74 Å². The molecule has 0 bridgehead atoms. The Hall–Kier alpha value is -2.97. The van der Waals surface area contributed by atoms with Crippen molar-refractivity contribution >= 4 is 11.7 Å². The van der Waals surface area contributed by atoms with Crippen molar-refractivity contribution in [2.24, 2.45) is 5.92 Å². The summed E-state index contributed by atoms with van der Waals surface area (Å²) in [6.07, 6.45) is -1.81. The Bertz CT molecular complexity index is 941. The first-order valence-electron chi connectivity index (χ1n) is 10.1. The SMILES string of the molecule is Cc1cc(C(=O)NC(C)c2ccc(OCCC(F)(F)F)nc2)cc(CC(=O)C2CC2)n1. The average Bonchev–Trinajstić information content (AvgIpc) is 3.52. The fourth-order valence-corrected chi connectivity index (χ4v) is 3.05. The summed E-state index contributed by atoms with van der Waals surface area (Å²) in [5, 5.41) is 2.86. The van der Waals surface area contributed by atoms with Crippen molar-refractivity contribution in [1.82, 2.24) is 15.3 Å². The van der Waals surface area contributed by atoms with Gasteiger partial charge in [0.05, 0.1) is 19.1 Å².